The molecule has 116 valence electrons. The minimum atomic E-state index is -0.315. The van der Waals surface area contributed by atoms with Gasteiger partial charge in [0.2, 0.25) is 0 Å². The summed E-state index contributed by atoms with van der Waals surface area (Å²) in [4.78, 5) is 10.6. The highest BCUT2D eigenvalue weighted by atomic mass is 16.6. The molecule has 4 nitrogen and oxygen atoms in total. The molecule has 21 heavy (non-hydrogen) atoms. The van der Waals surface area contributed by atoms with E-state index in [-0.39, 0.29) is 16.7 Å². The molecule has 1 aromatic carbocycles. The minimum Gasteiger partial charge on any atom is -0.307 e. The number of benzene rings is 1. The van der Waals surface area contributed by atoms with Gasteiger partial charge in [0, 0.05) is 24.2 Å². The molecule has 3 atom stereocenters. The van der Waals surface area contributed by atoms with Gasteiger partial charge in [0.05, 0.1) is 4.92 Å². The lowest BCUT2D eigenvalue weighted by Crippen LogP contribution is -2.37. The predicted molar refractivity (Wildman–Crippen MR) is 85.3 cm³/mol. The molecule has 1 saturated carbocycles. The molecular weight excluding hydrogens is 264 g/mol. The first-order chi connectivity index (χ1) is 10.1. The van der Waals surface area contributed by atoms with E-state index in [0.717, 1.165) is 12.0 Å². The Kier molecular flexibility index (Phi) is 5.74. The van der Waals surface area contributed by atoms with E-state index in [1.54, 1.807) is 18.2 Å². The van der Waals surface area contributed by atoms with Crippen LogP contribution in [0.15, 0.2) is 24.3 Å². The van der Waals surface area contributed by atoms with E-state index in [4.69, 9.17) is 0 Å². The van der Waals surface area contributed by atoms with Gasteiger partial charge in [-0.1, -0.05) is 45.2 Å². The van der Waals surface area contributed by atoms with Crippen molar-refractivity contribution in [3.05, 3.63) is 39.9 Å². The number of hydrogen-bond acceptors (Lipinski definition) is 3. The second-order valence-corrected chi connectivity index (χ2v) is 6.20. The highest BCUT2D eigenvalue weighted by Gasteiger charge is 2.23. The molecule has 1 aliphatic rings. The number of nitro benzene ring substituents is 1. The largest absolute Gasteiger partial charge is 0.307 e. The highest BCUT2D eigenvalue weighted by Crippen LogP contribution is 2.28. The van der Waals surface area contributed by atoms with Crippen molar-refractivity contribution in [2.24, 2.45) is 5.92 Å². The molecule has 1 fully saturated rings. The van der Waals surface area contributed by atoms with Crippen LogP contribution in [0.3, 0.4) is 0 Å². The van der Waals surface area contributed by atoms with Crippen molar-refractivity contribution in [2.45, 2.75) is 64.5 Å². The average molecular weight is 290 g/mol. The fraction of sp³-hybridized carbons (Fsp3) is 0.647. The Morgan fingerprint density at radius 2 is 2.10 bits per heavy atom. The second-order valence-electron chi connectivity index (χ2n) is 6.20. The lowest BCUT2D eigenvalue weighted by molar-refractivity contribution is -0.384. The summed E-state index contributed by atoms with van der Waals surface area (Å²) in [5, 5.41) is 14.7. The van der Waals surface area contributed by atoms with Crippen LogP contribution < -0.4 is 5.32 Å². The minimum absolute atomic E-state index is 0.182. The summed E-state index contributed by atoms with van der Waals surface area (Å²) in [6.45, 7) is 4.46. The Bertz CT molecular complexity index is 476. The summed E-state index contributed by atoms with van der Waals surface area (Å²) in [7, 11) is 0. The summed E-state index contributed by atoms with van der Waals surface area (Å²) < 4.78 is 0. The van der Waals surface area contributed by atoms with E-state index >= 15 is 0 Å². The Morgan fingerprint density at radius 3 is 2.81 bits per heavy atom. The molecule has 1 N–H and O–H groups in total. The average Bonchev–Trinajstić information content (AvgIpc) is 2.69. The molecule has 1 aromatic rings. The van der Waals surface area contributed by atoms with E-state index in [1.165, 1.54) is 32.1 Å². The smallest absolute Gasteiger partial charge is 0.269 e. The van der Waals surface area contributed by atoms with Crippen molar-refractivity contribution < 1.29 is 4.92 Å². The lowest BCUT2D eigenvalue weighted by atomic mass is 9.94. The SMILES string of the molecule is CCC(NC1CCCCCC1C)c1cccc([N+](=O)[O-])c1. The van der Waals surface area contributed by atoms with Gasteiger partial charge >= 0.3 is 0 Å². The molecule has 0 bridgehead atoms. The van der Waals surface area contributed by atoms with Gasteiger partial charge in [0.15, 0.2) is 0 Å². The summed E-state index contributed by atoms with van der Waals surface area (Å²) in [6.07, 6.45) is 7.39. The molecular formula is C17H26N2O2. The first kappa shape index (κ1) is 16.0. The van der Waals surface area contributed by atoms with Gasteiger partial charge in [-0.25, -0.2) is 0 Å². The zero-order valence-electron chi connectivity index (χ0n) is 13.0. The highest BCUT2D eigenvalue weighted by molar-refractivity contribution is 5.35. The fourth-order valence-electron chi connectivity index (χ4n) is 3.30. The number of nitrogens with one attached hydrogen (secondary N) is 1. The van der Waals surface area contributed by atoms with E-state index in [9.17, 15) is 10.1 Å². The number of nitro groups is 1. The first-order valence-electron chi connectivity index (χ1n) is 8.12. The van der Waals surface area contributed by atoms with Gasteiger partial charge in [-0.15, -0.1) is 0 Å². The molecule has 2 rings (SSSR count). The summed E-state index contributed by atoms with van der Waals surface area (Å²) in [6, 6.07) is 7.78. The topological polar surface area (TPSA) is 55.2 Å². The number of hydrogen-bond donors (Lipinski definition) is 1. The van der Waals surface area contributed by atoms with E-state index in [0.29, 0.717) is 12.0 Å². The monoisotopic (exact) mass is 290 g/mol. The van der Waals surface area contributed by atoms with Crippen LogP contribution in [0.4, 0.5) is 5.69 Å². The van der Waals surface area contributed by atoms with Crippen LogP contribution in [0.1, 0.15) is 64.0 Å². The predicted octanol–water partition coefficient (Wildman–Crippen LogP) is 4.60. The Hall–Kier alpha value is -1.42. The summed E-state index contributed by atoms with van der Waals surface area (Å²) in [5.41, 5.74) is 1.21. The molecule has 0 heterocycles. The molecule has 0 aromatic heterocycles. The number of nitrogens with zero attached hydrogens (tertiary/aromatic N) is 1. The Labute approximate surface area is 127 Å². The van der Waals surface area contributed by atoms with Gasteiger partial charge < -0.3 is 5.32 Å². The second kappa shape index (κ2) is 7.55. The lowest BCUT2D eigenvalue weighted by Gasteiger charge is -2.28. The maximum absolute atomic E-state index is 10.9. The van der Waals surface area contributed by atoms with Crippen molar-refractivity contribution in [1.29, 1.82) is 0 Å². The summed E-state index contributed by atoms with van der Waals surface area (Å²) in [5.74, 6) is 0.681. The van der Waals surface area contributed by atoms with E-state index in [2.05, 4.69) is 19.2 Å². The van der Waals surface area contributed by atoms with Gasteiger partial charge in [-0.2, -0.15) is 0 Å². The molecule has 0 radical (unpaired) electrons. The first-order valence-corrected chi connectivity index (χ1v) is 8.12. The Balaban J connectivity index is 2.11. The molecule has 0 amide bonds. The normalized spacial score (nSPS) is 24.3. The van der Waals surface area contributed by atoms with Crippen LogP contribution in [0.5, 0.6) is 0 Å². The quantitative estimate of drug-likeness (QED) is 0.489. The molecule has 0 saturated heterocycles. The van der Waals surface area contributed by atoms with Gasteiger partial charge in [0.25, 0.3) is 5.69 Å². The fourth-order valence-corrected chi connectivity index (χ4v) is 3.30. The zero-order chi connectivity index (χ0) is 15.2. The van der Waals surface area contributed by atoms with Crippen LogP contribution in [0, 0.1) is 16.0 Å². The maximum atomic E-state index is 10.9. The van der Waals surface area contributed by atoms with Crippen LogP contribution in [-0.2, 0) is 0 Å². The third kappa shape index (κ3) is 4.27. The Morgan fingerprint density at radius 1 is 1.33 bits per heavy atom. The summed E-state index contributed by atoms with van der Waals surface area (Å²) >= 11 is 0. The van der Waals surface area contributed by atoms with Crippen molar-refractivity contribution in [3.8, 4) is 0 Å². The molecule has 3 unspecified atom stereocenters. The van der Waals surface area contributed by atoms with E-state index in [1.807, 2.05) is 6.07 Å². The third-order valence-electron chi connectivity index (χ3n) is 4.67. The van der Waals surface area contributed by atoms with Gasteiger partial charge in [0.1, 0.15) is 0 Å². The van der Waals surface area contributed by atoms with Crippen molar-refractivity contribution in [2.75, 3.05) is 0 Å². The van der Waals surface area contributed by atoms with Gasteiger partial charge in [-0.3, -0.25) is 10.1 Å². The van der Waals surface area contributed by atoms with Crippen LogP contribution in [0.2, 0.25) is 0 Å². The van der Waals surface area contributed by atoms with Crippen LogP contribution >= 0.6 is 0 Å². The van der Waals surface area contributed by atoms with E-state index < -0.39 is 0 Å². The van der Waals surface area contributed by atoms with Crippen molar-refractivity contribution in [3.63, 3.8) is 0 Å². The number of rotatable bonds is 5. The van der Waals surface area contributed by atoms with Crippen molar-refractivity contribution in [1.82, 2.24) is 5.32 Å². The molecule has 1 aliphatic carbocycles. The zero-order valence-corrected chi connectivity index (χ0v) is 13.0. The molecule has 0 aliphatic heterocycles. The maximum Gasteiger partial charge on any atom is 0.269 e. The standard InChI is InChI=1S/C17H26N2O2/c1-3-16(14-9-7-10-15(12-14)19(20)21)18-17-11-6-4-5-8-13(17)2/h7,9-10,12-13,16-18H,3-6,8,11H2,1-2H3. The van der Waals surface area contributed by atoms with Crippen LogP contribution in [0.25, 0.3) is 0 Å². The third-order valence-corrected chi connectivity index (χ3v) is 4.67. The van der Waals surface area contributed by atoms with Crippen LogP contribution in [-0.4, -0.2) is 11.0 Å². The molecule has 0 spiro atoms. The number of non-ortho nitro benzene ring substituents is 1. The van der Waals surface area contributed by atoms with Crippen molar-refractivity contribution >= 4 is 5.69 Å². The van der Waals surface area contributed by atoms with Gasteiger partial charge in [-0.05, 0) is 30.7 Å². The molecule has 4 heteroatoms.